The number of ether oxygens (including phenoxy) is 2. The van der Waals surface area contributed by atoms with Crippen LogP contribution in [-0.2, 0) is 20.1 Å². The molecule has 0 amide bonds. The first-order chi connectivity index (χ1) is 16.4. The van der Waals surface area contributed by atoms with Crippen LogP contribution in [0.15, 0.2) is 36.4 Å². The van der Waals surface area contributed by atoms with Gasteiger partial charge in [0.05, 0.1) is 10.5 Å². The van der Waals surface area contributed by atoms with E-state index in [9.17, 15) is 14.9 Å². The summed E-state index contributed by atoms with van der Waals surface area (Å²) in [7, 11) is 2.98. The van der Waals surface area contributed by atoms with Crippen LogP contribution in [-0.4, -0.2) is 30.2 Å². The van der Waals surface area contributed by atoms with Gasteiger partial charge in [0.25, 0.3) is 5.69 Å². The standard InChI is InChI=1S/C27H43NO6/c1-4-5-6-7-8-9-10-11-12-13-14-18-23(19-17-22-26(29)30)27(33-2,34-3)24-20-15-16-21-25(24)28(31)32/h11-12,15-16,20-21,23H,4-10,13-14,17-19,22H2,1-3H3,(H,29,30)/b12-11-. The van der Waals surface area contributed by atoms with Crippen molar-refractivity contribution in [3.63, 3.8) is 0 Å². The molecular weight excluding hydrogens is 434 g/mol. The Balaban J connectivity index is 2.83. The molecule has 7 nitrogen and oxygen atoms in total. The van der Waals surface area contributed by atoms with Crippen molar-refractivity contribution in [1.82, 2.24) is 0 Å². The molecule has 7 heteroatoms. The molecule has 1 aromatic rings. The van der Waals surface area contributed by atoms with Crippen LogP contribution in [0.3, 0.4) is 0 Å². The summed E-state index contributed by atoms with van der Waals surface area (Å²) in [5.41, 5.74) is 0.303. The quantitative estimate of drug-likeness (QED) is 0.0691. The van der Waals surface area contributed by atoms with Gasteiger partial charge in [0.1, 0.15) is 0 Å². The third-order valence-corrected chi connectivity index (χ3v) is 6.38. The number of carboxylic acids is 1. The van der Waals surface area contributed by atoms with Crippen LogP contribution in [0.2, 0.25) is 0 Å². The highest BCUT2D eigenvalue weighted by Gasteiger charge is 2.44. The lowest BCUT2D eigenvalue weighted by Gasteiger charge is -2.38. The minimum Gasteiger partial charge on any atom is -0.481 e. The van der Waals surface area contributed by atoms with E-state index in [1.165, 1.54) is 58.8 Å². The van der Waals surface area contributed by atoms with E-state index < -0.39 is 16.7 Å². The van der Waals surface area contributed by atoms with Gasteiger partial charge in [-0.3, -0.25) is 14.9 Å². The topological polar surface area (TPSA) is 98.9 Å². The number of nitro benzene ring substituents is 1. The van der Waals surface area contributed by atoms with Crippen LogP contribution in [0.25, 0.3) is 0 Å². The third kappa shape index (κ3) is 9.94. The van der Waals surface area contributed by atoms with Crippen molar-refractivity contribution < 1.29 is 24.3 Å². The lowest BCUT2D eigenvalue weighted by atomic mass is 9.82. The van der Waals surface area contributed by atoms with E-state index in [0.717, 1.165) is 19.3 Å². The van der Waals surface area contributed by atoms with Crippen molar-refractivity contribution in [3.05, 3.63) is 52.1 Å². The maximum absolute atomic E-state index is 11.7. The van der Waals surface area contributed by atoms with Crippen LogP contribution in [0, 0.1) is 16.0 Å². The summed E-state index contributed by atoms with van der Waals surface area (Å²) < 4.78 is 11.7. The van der Waals surface area contributed by atoms with Gasteiger partial charge < -0.3 is 14.6 Å². The molecule has 0 aliphatic carbocycles. The van der Waals surface area contributed by atoms with Crippen molar-refractivity contribution in [1.29, 1.82) is 0 Å². The highest BCUT2D eigenvalue weighted by atomic mass is 16.7. The van der Waals surface area contributed by atoms with Crippen molar-refractivity contribution >= 4 is 11.7 Å². The Bertz CT molecular complexity index is 744. The summed E-state index contributed by atoms with van der Waals surface area (Å²) in [5, 5.41) is 20.8. The summed E-state index contributed by atoms with van der Waals surface area (Å²) in [4.78, 5) is 22.3. The Hall–Kier alpha value is -2.25. The Kier molecular flexibility index (Phi) is 15.1. The molecule has 0 fully saturated rings. The summed E-state index contributed by atoms with van der Waals surface area (Å²) >= 11 is 0. The number of hydrogen-bond donors (Lipinski definition) is 1. The average molecular weight is 478 g/mol. The second-order valence-electron chi connectivity index (χ2n) is 8.79. The number of nitrogens with zero attached hydrogens (tertiary/aromatic N) is 1. The normalized spacial score (nSPS) is 12.8. The first-order valence-electron chi connectivity index (χ1n) is 12.6. The van der Waals surface area contributed by atoms with Gasteiger partial charge >= 0.3 is 5.97 Å². The highest BCUT2D eigenvalue weighted by Crippen LogP contribution is 2.43. The van der Waals surface area contributed by atoms with E-state index in [2.05, 4.69) is 19.1 Å². The molecule has 1 aromatic carbocycles. The number of nitro groups is 1. The van der Waals surface area contributed by atoms with Crippen LogP contribution in [0.4, 0.5) is 5.69 Å². The van der Waals surface area contributed by atoms with E-state index in [-0.39, 0.29) is 18.0 Å². The molecule has 1 unspecified atom stereocenters. The molecular formula is C27H43NO6. The monoisotopic (exact) mass is 477 g/mol. The number of carbonyl (C=O) groups is 1. The highest BCUT2D eigenvalue weighted by molar-refractivity contribution is 5.66. The molecule has 34 heavy (non-hydrogen) atoms. The molecule has 0 radical (unpaired) electrons. The lowest BCUT2D eigenvalue weighted by molar-refractivity contribution is -0.389. The molecule has 192 valence electrons. The predicted molar refractivity (Wildman–Crippen MR) is 135 cm³/mol. The number of aliphatic carboxylic acids is 1. The van der Waals surface area contributed by atoms with Gasteiger partial charge in [-0.1, -0.05) is 63.3 Å². The third-order valence-electron chi connectivity index (χ3n) is 6.38. The fourth-order valence-corrected chi connectivity index (χ4v) is 4.57. The van der Waals surface area contributed by atoms with Gasteiger partial charge in [-0.15, -0.1) is 0 Å². The number of unbranched alkanes of at least 4 members (excludes halogenated alkanes) is 7. The fourth-order valence-electron chi connectivity index (χ4n) is 4.57. The molecule has 0 bridgehead atoms. The van der Waals surface area contributed by atoms with E-state index in [4.69, 9.17) is 14.6 Å². The molecule has 1 rings (SSSR count). The van der Waals surface area contributed by atoms with Crippen LogP contribution in [0.1, 0.15) is 96.0 Å². The van der Waals surface area contributed by atoms with Crippen molar-refractivity contribution in [3.8, 4) is 0 Å². The van der Waals surface area contributed by atoms with Gasteiger partial charge in [-0.2, -0.15) is 0 Å². The predicted octanol–water partition coefficient (Wildman–Crippen LogP) is 7.39. The molecule has 0 saturated heterocycles. The molecule has 1 atom stereocenters. The Labute approximate surface area is 204 Å². The van der Waals surface area contributed by atoms with Gasteiger partial charge in [0, 0.05) is 32.6 Å². The maximum atomic E-state index is 11.7. The molecule has 0 aliphatic heterocycles. The summed E-state index contributed by atoms with van der Waals surface area (Å²) in [6.45, 7) is 2.23. The Morgan fingerprint density at radius 3 is 2.21 bits per heavy atom. The fraction of sp³-hybridized carbons (Fsp3) is 0.667. The SMILES string of the molecule is CCCCCCCC/C=C\CCCC(CCCC(=O)O)C(OC)(OC)c1ccccc1[N+](=O)[O-]. The number of rotatable bonds is 20. The van der Waals surface area contributed by atoms with Gasteiger partial charge in [-0.05, 0) is 51.0 Å². The summed E-state index contributed by atoms with van der Waals surface area (Å²) in [6.07, 6.45) is 16.7. The maximum Gasteiger partial charge on any atom is 0.303 e. The van der Waals surface area contributed by atoms with Crippen molar-refractivity contribution in [2.24, 2.45) is 5.92 Å². The Morgan fingerprint density at radius 2 is 1.59 bits per heavy atom. The second-order valence-corrected chi connectivity index (χ2v) is 8.79. The average Bonchev–Trinajstić information content (AvgIpc) is 2.83. The molecule has 0 aliphatic rings. The zero-order valence-corrected chi connectivity index (χ0v) is 21.2. The zero-order valence-electron chi connectivity index (χ0n) is 21.2. The Morgan fingerprint density at radius 1 is 1.00 bits per heavy atom. The van der Waals surface area contributed by atoms with Gasteiger partial charge in [0.15, 0.2) is 0 Å². The van der Waals surface area contributed by atoms with Crippen LogP contribution < -0.4 is 0 Å². The van der Waals surface area contributed by atoms with Gasteiger partial charge in [-0.25, -0.2) is 0 Å². The molecule has 1 N–H and O–H groups in total. The number of para-hydroxylation sites is 1. The zero-order chi connectivity index (χ0) is 25.2. The number of allylic oxidation sites excluding steroid dienone is 2. The first kappa shape index (κ1) is 29.8. The minimum absolute atomic E-state index is 0.0368. The number of carboxylic acid groups (broad SMARTS) is 1. The number of hydrogen-bond acceptors (Lipinski definition) is 5. The lowest BCUT2D eigenvalue weighted by Crippen LogP contribution is -2.40. The molecule has 0 heterocycles. The van der Waals surface area contributed by atoms with E-state index in [0.29, 0.717) is 24.8 Å². The van der Waals surface area contributed by atoms with E-state index in [1.807, 2.05) is 0 Å². The van der Waals surface area contributed by atoms with Gasteiger partial charge in [0.2, 0.25) is 5.79 Å². The summed E-state index contributed by atoms with van der Waals surface area (Å²) in [6, 6.07) is 6.46. The largest absolute Gasteiger partial charge is 0.481 e. The first-order valence-corrected chi connectivity index (χ1v) is 12.6. The second kappa shape index (κ2) is 17.2. The van der Waals surface area contributed by atoms with E-state index >= 15 is 0 Å². The molecule has 0 saturated carbocycles. The van der Waals surface area contributed by atoms with E-state index in [1.54, 1.807) is 18.2 Å². The molecule has 0 spiro atoms. The smallest absolute Gasteiger partial charge is 0.303 e. The van der Waals surface area contributed by atoms with Crippen molar-refractivity contribution in [2.45, 2.75) is 96.2 Å². The van der Waals surface area contributed by atoms with Crippen LogP contribution in [0.5, 0.6) is 0 Å². The number of methoxy groups -OCH3 is 2. The van der Waals surface area contributed by atoms with Crippen LogP contribution >= 0.6 is 0 Å². The minimum atomic E-state index is -1.32. The molecule has 0 aromatic heterocycles. The van der Waals surface area contributed by atoms with Crippen molar-refractivity contribution in [2.75, 3.05) is 14.2 Å². The summed E-state index contributed by atoms with van der Waals surface area (Å²) in [5.74, 6) is -2.40. The number of benzene rings is 1.